The van der Waals surface area contributed by atoms with Crippen molar-refractivity contribution in [3.63, 3.8) is 0 Å². The first kappa shape index (κ1) is 28.5. The summed E-state index contributed by atoms with van der Waals surface area (Å²) in [5, 5.41) is 6.24. The fraction of sp³-hybridized carbons (Fsp3) is 0.423. The molecule has 0 radical (unpaired) electrons. The van der Waals surface area contributed by atoms with Crippen LogP contribution in [0.4, 0.5) is 15.4 Å². The van der Waals surface area contributed by atoms with Crippen molar-refractivity contribution in [2.45, 2.75) is 45.4 Å². The van der Waals surface area contributed by atoms with Crippen LogP contribution in [0.25, 0.3) is 0 Å². The summed E-state index contributed by atoms with van der Waals surface area (Å²) in [4.78, 5) is 45.0. The van der Waals surface area contributed by atoms with E-state index in [-0.39, 0.29) is 24.7 Å². The number of aromatic nitrogens is 3. The van der Waals surface area contributed by atoms with E-state index in [0.717, 1.165) is 15.3 Å². The second kappa shape index (κ2) is 11.7. The monoisotopic (exact) mass is 574 g/mol. The first-order valence-corrected chi connectivity index (χ1v) is 13.7. The summed E-state index contributed by atoms with van der Waals surface area (Å²) in [6.45, 7) is 6.77. The van der Waals surface area contributed by atoms with E-state index in [9.17, 15) is 14.4 Å². The van der Waals surface area contributed by atoms with Gasteiger partial charge >= 0.3 is 12.2 Å². The van der Waals surface area contributed by atoms with Crippen LogP contribution in [0.3, 0.4) is 0 Å². The van der Waals surface area contributed by atoms with E-state index in [1.54, 1.807) is 17.2 Å². The number of amides is 1. The van der Waals surface area contributed by atoms with Crippen LogP contribution >= 0.6 is 22.9 Å². The van der Waals surface area contributed by atoms with E-state index in [4.69, 9.17) is 26.8 Å². The van der Waals surface area contributed by atoms with Crippen LogP contribution in [0.1, 0.15) is 59.2 Å². The molecule has 11 nitrogen and oxygen atoms in total. The molecule has 0 saturated heterocycles. The third kappa shape index (κ3) is 6.07. The van der Waals surface area contributed by atoms with Crippen LogP contribution in [0.5, 0.6) is 0 Å². The van der Waals surface area contributed by atoms with Crippen molar-refractivity contribution in [3.8, 4) is 0 Å². The smallest absolute Gasteiger partial charge is 0.436 e. The molecule has 0 aliphatic carbocycles. The Bertz CT molecular complexity index is 1360. The minimum absolute atomic E-state index is 0.146. The second-order valence-electron chi connectivity index (χ2n) is 9.66. The summed E-state index contributed by atoms with van der Waals surface area (Å²) in [5.41, 5.74) is 7.56. The molecule has 1 amide bonds. The predicted octanol–water partition coefficient (Wildman–Crippen LogP) is 4.41. The van der Waals surface area contributed by atoms with Crippen molar-refractivity contribution >= 4 is 46.2 Å². The Morgan fingerprint density at radius 2 is 1.95 bits per heavy atom. The van der Waals surface area contributed by atoms with Gasteiger partial charge in [0, 0.05) is 30.5 Å². The van der Waals surface area contributed by atoms with Crippen LogP contribution in [0, 0.1) is 0 Å². The standard InChI is InChI=1S/C26H31ClN6O5S/c1-5-37-25(36)33-23(28)17-13-32(26(2,3)21(17)30-33)24(35)38-19(16-9-7-6-8-10-16)14-31(4)12-11-20-29-18(15-39-20)22(27)34/h6-10,15,19H,5,11-14,28H2,1-4H3/t19-/m1/s1. The molecule has 0 saturated carbocycles. The van der Waals surface area contributed by atoms with Crippen molar-refractivity contribution in [1.82, 2.24) is 24.6 Å². The Morgan fingerprint density at radius 1 is 1.23 bits per heavy atom. The number of nitrogen functional groups attached to an aromatic ring is 1. The van der Waals surface area contributed by atoms with E-state index in [2.05, 4.69) is 10.1 Å². The van der Waals surface area contributed by atoms with Gasteiger partial charge in [-0.2, -0.15) is 5.10 Å². The minimum Gasteiger partial charge on any atom is -0.448 e. The molecule has 1 aromatic carbocycles. The van der Waals surface area contributed by atoms with Gasteiger partial charge in [-0.15, -0.1) is 16.0 Å². The van der Waals surface area contributed by atoms with Gasteiger partial charge in [0.2, 0.25) is 0 Å². The number of halogens is 1. The van der Waals surface area contributed by atoms with Gasteiger partial charge in [-0.1, -0.05) is 30.3 Å². The van der Waals surface area contributed by atoms with E-state index in [0.29, 0.717) is 30.8 Å². The normalized spacial score (nSPS) is 14.8. The molecule has 39 heavy (non-hydrogen) atoms. The molecule has 2 N–H and O–H groups in total. The number of carbonyl (C=O) groups excluding carboxylic acids is 3. The number of nitrogens with two attached hydrogens (primary N) is 1. The molecule has 3 heterocycles. The lowest BCUT2D eigenvalue weighted by atomic mass is 10.0. The zero-order valence-electron chi connectivity index (χ0n) is 22.2. The van der Waals surface area contributed by atoms with Crippen LogP contribution in [0.2, 0.25) is 0 Å². The summed E-state index contributed by atoms with van der Waals surface area (Å²) in [6, 6.07) is 9.51. The molecule has 0 bridgehead atoms. The minimum atomic E-state index is -0.867. The zero-order valence-corrected chi connectivity index (χ0v) is 23.8. The Labute approximate surface area is 235 Å². The van der Waals surface area contributed by atoms with Crippen molar-refractivity contribution in [1.29, 1.82) is 0 Å². The maximum absolute atomic E-state index is 13.5. The maximum atomic E-state index is 13.5. The van der Waals surface area contributed by atoms with Gasteiger partial charge in [0.25, 0.3) is 5.24 Å². The molecule has 3 aromatic rings. The number of fused-ring (bicyclic) bond motifs is 1. The lowest BCUT2D eigenvalue weighted by Gasteiger charge is -2.33. The average molecular weight is 575 g/mol. The molecular weight excluding hydrogens is 544 g/mol. The molecule has 13 heteroatoms. The van der Waals surface area contributed by atoms with Gasteiger partial charge in [-0.05, 0) is 45.0 Å². The summed E-state index contributed by atoms with van der Waals surface area (Å²) >= 11 is 6.90. The molecule has 4 rings (SSSR count). The number of thiazole rings is 1. The van der Waals surface area contributed by atoms with Gasteiger partial charge in [0.15, 0.2) is 0 Å². The average Bonchev–Trinajstić information content (AvgIpc) is 3.58. The summed E-state index contributed by atoms with van der Waals surface area (Å²) < 4.78 is 12.1. The number of carbonyl (C=O) groups is 3. The Hall–Kier alpha value is -3.48. The summed E-state index contributed by atoms with van der Waals surface area (Å²) in [7, 11) is 1.93. The molecule has 0 spiro atoms. The topological polar surface area (TPSA) is 133 Å². The van der Waals surface area contributed by atoms with Crippen molar-refractivity contribution < 1.29 is 23.9 Å². The van der Waals surface area contributed by atoms with E-state index in [1.165, 1.54) is 11.3 Å². The number of ether oxygens (including phenoxy) is 2. The largest absolute Gasteiger partial charge is 0.448 e. The fourth-order valence-corrected chi connectivity index (χ4v) is 5.38. The third-order valence-electron chi connectivity index (χ3n) is 6.61. The van der Waals surface area contributed by atoms with Crippen molar-refractivity contribution in [2.24, 2.45) is 0 Å². The van der Waals surface area contributed by atoms with Gasteiger partial charge < -0.3 is 20.1 Å². The molecule has 0 unspecified atom stereocenters. The van der Waals surface area contributed by atoms with Gasteiger partial charge in [0.05, 0.1) is 29.4 Å². The highest BCUT2D eigenvalue weighted by molar-refractivity contribution is 7.10. The molecule has 2 aromatic heterocycles. The number of nitrogens with zero attached hydrogens (tertiary/aromatic N) is 5. The van der Waals surface area contributed by atoms with Gasteiger partial charge in [-0.25, -0.2) is 14.6 Å². The quantitative estimate of drug-likeness (QED) is 0.369. The Kier molecular flexibility index (Phi) is 8.57. The fourth-order valence-electron chi connectivity index (χ4n) is 4.45. The maximum Gasteiger partial charge on any atom is 0.436 e. The molecule has 0 fully saturated rings. The molecular formula is C26H31ClN6O5S. The zero-order chi connectivity index (χ0) is 28.3. The first-order chi connectivity index (χ1) is 18.5. The first-order valence-electron chi connectivity index (χ1n) is 12.4. The number of likely N-dealkylation sites (N-methyl/N-ethyl adjacent to an activating group) is 1. The Morgan fingerprint density at radius 3 is 2.56 bits per heavy atom. The van der Waals surface area contributed by atoms with Crippen LogP contribution in [0.15, 0.2) is 35.7 Å². The lowest BCUT2D eigenvalue weighted by Crippen LogP contribution is -2.42. The van der Waals surface area contributed by atoms with Crippen molar-refractivity contribution in [2.75, 3.05) is 32.5 Å². The van der Waals surface area contributed by atoms with Gasteiger partial charge in [0.1, 0.15) is 17.6 Å². The predicted molar refractivity (Wildman–Crippen MR) is 147 cm³/mol. The van der Waals surface area contributed by atoms with Crippen molar-refractivity contribution in [3.05, 3.63) is 63.2 Å². The number of benzene rings is 1. The highest BCUT2D eigenvalue weighted by atomic mass is 35.5. The SMILES string of the molecule is CCOC(=O)n1nc2c(c1N)CN(C(=O)O[C@H](CN(C)CCc1nc(C(=O)Cl)cs1)c1ccccc1)C2(C)C. The van der Waals surface area contributed by atoms with Crippen LogP contribution in [-0.2, 0) is 28.0 Å². The molecule has 208 valence electrons. The van der Waals surface area contributed by atoms with Crippen LogP contribution < -0.4 is 5.73 Å². The van der Waals surface area contributed by atoms with Crippen LogP contribution in [-0.4, -0.2) is 68.7 Å². The number of anilines is 1. The van der Waals surface area contributed by atoms with E-state index < -0.39 is 29.1 Å². The number of rotatable bonds is 9. The third-order valence-corrected chi connectivity index (χ3v) is 7.71. The molecule has 1 aliphatic rings. The molecule has 1 aliphatic heterocycles. The number of hydrogen-bond acceptors (Lipinski definition) is 10. The van der Waals surface area contributed by atoms with E-state index >= 15 is 0 Å². The second-order valence-corrected chi connectivity index (χ2v) is 10.9. The number of hydrogen-bond donors (Lipinski definition) is 1. The summed E-state index contributed by atoms with van der Waals surface area (Å²) in [5.74, 6) is 0.146. The molecule has 1 atom stereocenters. The highest BCUT2D eigenvalue weighted by Gasteiger charge is 2.46. The van der Waals surface area contributed by atoms with Gasteiger partial charge in [-0.3, -0.25) is 9.69 Å². The Balaban J connectivity index is 1.47. The summed E-state index contributed by atoms with van der Waals surface area (Å²) in [6.07, 6.45) is -1.12. The van der Waals surface area contributed by atoms with E-state index in [1.807, 2.05) is 56.1 Å². The highest BCUT2D eigenvalue weighted by Crippen LogP contribution is 2.41. The lowest BCUT2D eigenvalue weighted by molar-refractivity contribution is 0.0234.